The zero-order valence-electron chi connectivity index (χ0n) is 12.5. The van der Waals surface area contributed by atoms with Crippen LogP contribution >= 0.6 is 0 Å². The molecule has 2 fully saturated rings. The molecule has 1 unspecified atom stereocenters. The standard InChI is InChI=1S/C17H24N2O2/c20-17(13-15-5-2-1-3-6-15)19-10-8-18(9-11-19)14-16-7-4-12-21-16/h1-3,5-6,16H,4,7-14H2. The van der Waals surface area contributed by atoms with Crippen LogP contribution in [0.2, 0.25) is 0 Å². The third-order valence-electron chi connectivity index (χ3n) is 4.41. The first-order chi connectivity index (χ1) is 10.3. The Morgan fingerprint density at radius 3 is 2.57 bits per heavy atom. The first-order valence-electron chi connectivity index (χ1n) is 7.97. The monoisotopic (exact) mass is 288 g/mol. The number of ether oxygens (including phenoxy) is 1. The summed E-state index contributed by atoms with van der Waals surface area (Å²) >= 11 is 0. The fourth-order valence-corrected chi connectivity index (χ4v) is 3.14. The maximum atomic E-state index is 12.3. The molecule has 4 heteroatoms. The highest BCUT2D eigenvalue weighted by Gasteiger charge is 2.24. The summed E-state index contributed by atoms with van der Waals surface area (Å²) in [5.74, 6) is 0.248. The molecule has 0 aliphatic carbocycles. The SMILES string of the molecule is O=C(Cc1ccccc1)N1CCN(CC2CCCO2)CC1. The Labute approximate surface area is 126 Å². The molecular weight excluding hydrogens is 264 g/mol. The molecule has 2 aliphatic heterocycles. The summed E-state index contributed by atoms with van der Waals surface area (Å²) in [7, 11) is 0. The zero-order chi connectivity index (χ0) is 14.5. The Morgan fingerprint density at radius 2 is 1.90 bits per heavy atom. The molecule has 114 valence electrons. The van der Waals surface area contributed by atoms with Gasteiger partial charge in [-0.05, 0) is 18.4 Å². The number of amides is 1. The van der Waals surface area contributed by atoms with Gasteiger partial charge in [0.05, 0.1) is 12.5 Å². The topological polar surface area (TPSA) is 32.8 Å². The summed E-state index contributed by atoms with van der Waals surface area (Å²) in [4.78, 5) is 16.7. The highest BCUT2D eigenvalue weighted by molar-refractivity contribution is 5.78. The summed E-state index contributed by atoms with van der Waals surface area (Å²) in [6, 6.07) is 10.00. The van der Waals surface area contributed by atoms with Crippen LogP contribution in [0.3, 0.4) is 0 Å². The fourth-order valence-electron chi connectivity index (χ4n) is 3.14. The first-order valence-corrected chi connectivity index (χ1v) is 7.97. The van der Waals surface area contributed by atoms with Gasteiger partial charge in [-0.2, -0.15) is 0 Å². The van der Waals surface area contributed by atoms with Gasteiger partial charge in [0.1, 0.15) is 0 Å². The van der Waals surface area contributed by atoms with E-state index < -0.39 is 0 Å². The Kier molecular flexibility index (Phi) is 4.88. The van der Waals surface area contributed by atoms with Gasteiger partial charge in [0.25, 0.3) is 0 Å². The summed E-state index contributed by atoms with van der Waals surface area (Å²) in [5, 5.41) is 0. The van der Waals surface area contributed by atoms with Gasteiger partial charge in [0.15, 0.2) is 0 Å². The largest absolute Gasteiger partial charge is 0.377 e. The van der Waals surface area contributed by atoms with E-state index in [4.69, 9.17) is 4.74 Å². The molecule has 0 spiro atoms. The second-order valence-electron chi connectivity index (χ2n) is 5.98. The van der Waals surface area contributed by atoms with Crippen molar-refractivity contribution in [3.63, 3.8) is 0 Å². The van der Waals surface area contributed by atoms with Crippen molar-refractivity contribution in [3.8, 4) is 0 Å². The van der Waals surface area contributed by atoms with Crippen molar-refractivity contribution in [2.45, 2.75) is 25.4 Å². The smallest absolute Gasteiger partial charge is 0.227 e. The zero-order valence-corrected chi connectivity index (χ0v) is 12.5. The molecular formula is C17H24N2O2. The van der Waals surface area contributed by atoms with Gasteiger partial charge in [-0.1, -0.05) is 30.3 Å². The number of hydrogen-bond acceptors (Lipinski definition) is 3. The van der Waals surface area contributed by atoms with Crippen LogP contribution in [0.15, 0.2) is 30.3 Å². The van der Waals surface area contributed by atoms with E-state index in [9.17, 15) is 4.79 Å². The lowest BCUT2D eigenvalue weighted by Crippen LogP contribution is -2.50. The van der Waals surface area contributed by atoms with Gasteiger partial charge in [0.2, 0.25) is 5.91 Å². The number of benzene rings is 1. The van der Waals surface area contributed by atoms with Crippen LogP contribution in [0, 0.1) is 0 Å². The second-order valence-corrected chi connectivity index (χ2v) is 5.98. The number of hydrogen-bond donors (Lipinski definition) is 0. The number of nitrogens with zero attached hydrogens (tertiary/aromatic N) is 2. The van der Waals surface area contributed by atoms with Crippen LogP contribution in [0.4, 0.5) is 0 Å². The average Bonchev–Trinajstić information content (AvgIpc) is 3.02. The maximum Gasteiger partial charge on any atom is 0.227 e. The van der Waals surface area contributed by atoms with Crippen LogP contribution < -0.4 is 0 Å². The first kappa shape index (κ1) is 14.5. The van der Waals surface area contributed by atoms with Crippen molar-refractivity contribution < 1.29 is 9.53 Å². The van der Waals surface area contributed by atoms with E-state index in [0.717, 1.165) is 44.9 Å². The van der Waals surface area contributed by atoms with E-state index in [1.807, 2.05) is 35.2 Å². The van der Waals surface area contributed by atoms with Gasteiger partial charge < -0.3 is 9.64 Å². The van der Waals surface area contributed by atoms with Crippen LogP contribution in [0.1, 0.15) is 18.4 Å². The van der Waals surface area contributed by atoms with Gasteiger partial charge in [-0.25, -0.2) is 0 Å². The predicted octanol–water partition coefficient (Wildman–Crippen LogP) is 1.55. The molecule has 3 rings (SSSR count). The lowest BCUT2D eigenvalue weighted by atomic mass is 10.1. The maximum absolute atomic E-state index is 12.3. The molecule has 1 amide bonds. The van der Waals surface area contributed by atoms with Crippen molar-refractivity contribution in [3.05, 3.63) is 35.9 Å². The minimum Gasteiger partial charge on any atom is -0.377 e. The van der Waals surface area contributed by atoms with Crippen LogP contribution in [-0.4, -0.2) is 61.1 Å². The molecule has 2 saturated heterocycles. The van der Waals surface area contributed by atoms with Crippen molar-refractivity contribution in [2.24, 2.45) is 0 Å². The average molecular weight is 288 g/mol. The van der Waals surface area contributed by atoms with E-state index in [0.29, 0.717) is 12.5 Å². The number of rotatable bonds is 4. The normalized spacial score (nSPS) is 23.4. The van der Waals surface area contributed by atoms with Crippen molar-refractivity contribution in [1.29, 1.82) is 0 Å². The minimum absolute atomic E-state index is 0.248. The van der Waals surface area contributed by atoms with Gasteiger partial charge >= 0.3 is 0 Å². The number of carbonyl (C=O) groups is 1. The summed E-state index contributed by atoms with van der Waals surface area (Å²) in [6.07, 6.45) is 3.32. The molecule has 0 bridgehead atoms. The van der Waals surface area contributed by atoms with Crippen LogP contribution in [-0.2, 0) is 16.0 Å². The molecule has 4 nitrogen and oxygen atoms in total. The molecule has 1 atom stereocenters. The van der Waals surface area contributed by atoms with Crippen molar-refractivity contribution in [1.82, 2.24) is 9.80 Å². The predicted molar refractivity (Wildman–Crippen MR) is 82.1 cm³/mol. The highest BCUT2D eigenvalue weighted by Crippen LogP contribution is 2.15. The summed E-state index contributed by atoms with van der Waals surface area (Å²) < 4.78 is 5.69. The van der Waals surface area contributed by atoms with Gasteiger partial charge in [-0.15, -0.1) is 0 Å². The Morgan fingerprint density at radius 1 is 1.14 bits per heavy atom. The Balaban J connectivity index is 1.43. The highest BCUT2D eigenvalue weighted by atomic mass is 16.5. The Hall–Kier alpha value is -1.39. The fraction of sp³-hybridized carbons (Fsp3) is 0.588. The van der Waals surface area contributed by atoms with Gasteiger partial charge in [-0.3, -0.25) is 9.69 Å². The van der Waals surface area contributed by atoms with E-state index in [-0.39, 0.29) is 5.91 Å². The van der Waals surface area contributed by atoms with Crippen molar-refractivity contribution in [2.75, 3.05) is 39.3 Å². The molecule has 0 N–H and O–H groups in total. The molecule has 0 radical (unpaired) electrons. The van der Waals surface area contributed by atoms with Crippen LogP contribution in [0.5, 0.6) is 0 Å². The second kappa shape index (κ2) is 7.05. The quantitative estimate of drug-likeness (QED) is 0.843. The molecule has 1 aromatic carbocycles. The number of piperazine rings is 1. The lowest BCUT2D eigenvalue weighted by Gasteiger charge is -2.35. The van der Waals surface area contributed by atoms with E-state index in [1.54, 1.807) is 0 Å². The minimum atomic E-state index is 0.248. The molecule has 2 aliphatic rings. The van der Waals surface area contributed by atoms with Crippen LogP contribution in [0.25, 0.3) is 0 Å². The van der Waals surface area contributed by atoms with E-state index >= 15 is 0 Å². The molecule has 0 aromatic heterocycles. The lowest BCUT2D eigenvalue weighted by molar-refractivity contribution is -0.132. The molecule has 21 heavy (non-hydrogen) atoms. The Bertz CT molecular complexity index is 449. The van der Waals surface area contributed by atoms with Crippen molar-refractivity contribution >= 4 is 5.91 Å². The third-order valence-corrected chi connectivity index (χ3v) is 4.41. The third kappa shape index (κ3) is 4.05. The molecule has 2 heterocycles. The summed E-state index contributed by atoms with van der Waals surface area (Å²) in [5.41, 5.74) is 1.10. The van der Waals surface area contributed by atoms with Gasteiger partial charge in [0, 0.05) is 39.3 Å². The molecule has 0 saturated carbocycles. The summed E-state index contributed by atoms with van der Waals surface area (Å²) in [6.45, 7) is 5.58. The van der Waals surface area contributed by atoms with E-state index in [2.05, 4.69) is 4.90 Å². The van der Waals surface area contributed by atoms with E-state index in [1.165, 1.54) is 12.8 Å². The number of carbonyl (C=O) groups excluding carboxylic acids is 1. The molecule has 1 aromatic rings.